The van der Waals surface area contributed by atoms with Crippen molar-refractivity contribution >= 4 is 29.2 Å². The lowest BCUT2D eigenvalue weighted by atomic mass is 10.0. The molecule has 0 spiro atoms. The number of benzene rings is 1. The number of aryl methyl sites for hydroxylation is 1. The van der Waals surface area contributed by atoms with Crippen LogP contribution in [0.3, 0.4) is 0 Å². The highest BCUT2D eigenvalue weighted by Gasteiger charge is 2.60. The van der Waals surface area contributed by atoms with E-state index in [1.165, 1.54) is 5.56 Å². The molecular weight excluding hydrogens is 341 g/mol. The summed E-state index contributed by atoms with van der Waals surface area (Å²) in [5.74, 6) is 1.58. The molecule has 0 saturated heterocycles. The monoisotopic (exact) mass is 365 g/mol. The molecule has 24 heavy (non-hydrogen) atoms. The minimum Gasteiger partial charge on any atom is -0.359 e. The molecule has 3 nitrogen and oxygen atoms in total. The number of aromatic nitrogens is 2. The number of nitrogens with zero attached hydrogens (tertiary/aromatic N) is 1. The predicted molar refractivity (Wildman–Crippen MR) is 104 cm³/mol. The average Bonchev–Trinajstić information content (AvgIpc) is 2.84. The van der Waals surface area contributed by atoms with Crippen molar-refractivity contribution in [1.82, 2.24) is 9.97 Å². The number of rotatable bonds is 3. The smallest absolute Gasteiger partial charge is 0.200 e. The summed E-state index contributed by atoms with van der Waals surface area (Å²) in [4.78, 5) is 7.95. The molecule has 1 saturated carbocycles. The number of nitrogens with one attached hydrogen (secondary N) is 2. The van der Waals surface area contributed by atoms with Crippen molar-refractivity contribution in [1.29, 1.82) is 0 Å². The van der Waals surface area contributed by atoms with Crippen molar-refractivity contribution in [3.8, 4) is 0 Å². The van der Waals surface area contributed by atoms with Crippen molar-refractivity contribution < 1.29 is 0 Å². The highest BCUT2D eigenvalue weighted by molar-refractivity contribution is 6.34. The maximum Gasteiger partial charge on any atom is 0.200 e. The van der Waals surface area contributed by atoms with Crippen LogP contribution < -0.4 is 5.32 Å². The Hall–Kier alpha value is -1.45. The number of anilines is 1. The molecule has 2 aromatic rings. The van der Waals surface area contributed by atoms with Gasteiger partial charge in [0.15, 0.2) is 5.95 Å². The second-order valence-electron chi connectivity index (χ2n) is 6.73. The van der Waals surface area contributed by atoms with Gasteiger partial charge in [-0.25, -0.2) is 4.98 Å². The molecule has 0 bridgehead atoms. The Morgan fingerprint density at radius 1 is 1.21 bits per heavy atom. The van der Waals surface area contributed by atoms with E-state index in [2.05, 4.69) is 42.6 Å². The first kappa shape index (κ1) is 18.9. The quantitative estimate of drug-likeness (QED) is 0.638. The number of imidazole rings is 1. The van der Waals surface area contributed by atoms with Gasteiger partial charge in [0.05, 0.1) is 5.69 Å². The molecule has 1 aliphatic carbocycles. The molecule has 5 heteroatoms. The fourth-order valence-electron chi connectivity index (χ4n) is 3.42. The lowest BCUT2D eigenvalue weighted by Crippen LogP contribution is -1.93. The number of aromatic amines is 1. The van der Waals surface area contributed by atoms with Crippen LogP contribution >= 0.6 is 23.2 Å². The van der Waals surface area contributed by atoms with Crippen LogP contribution in [0.2, 0.25) is 10.0 Å². The normalized spacial score (nSPS) is 20.8. The third-order valence-electron chi connectivity index (χ3n) is 4.53. The first-order valence-electron chi connectivity index (χ1n) is 8.03. The second-order valence-corrected chi connectivity index (χ2v) is 7.61. The molecule has 1 aliphatic rings. The molecule has 1 aromatic carbocycles. The molecule has 2 N–H and O–H groups in total. The molecule has 0 radical (unpaired) electrons. The van der Waals surface area contributed by atoms with E-state index < -0.39 is 0 Å². The predicted octanol–water partition coefficient (Wildman–Crippen LogP) is 6.17. The Morgan fingerprint density at radius 3 is 2.21 bits per heavy atom. The van der Waals surface area contributed by atoms with Crippen molar-refractivity contribution in [3.05, 3.63) is 57.9 Å². The fraction of sp³-hybridized carbons (Fsp3) is 0.421. The van der Waals surface area contributed by atoms with Crippen LogP contribution in [0.15, 0.2) is 30.9 Å². The standard InChI is InChI=1S/C16H19Cl2N3.C3H6/c1-8-14(21-15(19-4)20-8)13-12(16(13,2)3)9-5-10(17)7-11(18)6-9;1-3-2/h5-7,12-13H,1-4H3,(H2,19,20,21);3H,1H2,2H3/t12-,13+;/m0./s1. The molecule has 0 unspecified atom stereocenters. The van der Waals surface area contributed by atoms with Crippen LogP contribution in [0.4, 0.5) is 5.95 Å². The molecule has 1 fully saturated rings. The van der Waals surface area contributed by atoms with Crippen molar-refractivity contribution in [2.45, 2.75) is 39.5 Å². The largest absolute Gasteiger partial charge is 0.359 e. The van der Waals surface area contributed by atoms with Gasteiger partial charge in [-0.3, -0.25) is 0 Å². The summed E-state index contributed by atoms with van der Waals surface area (Å²) in [6.07, 6.45) is 1.75. The lowest BCUT2D eigenvalue weighted by molar-refractivity contribution is 0.597. The third-order valence-corrected chi connectivity index (χ3v) is 4.96. The van der Waals surface area contributed by atoms with E-state index in [4.69, 9.17) is 23.2 Å². The molecule has 0 aliphatic heterocycles. The molecule has 0 amide bonds. The number of H-pyrrole nitrogens is 1. The van der Waals surface area contributed by atoms with Gasteiger partial charge < -0.3 is 10.3 Å². The summed E-state index contributed by atoms with van der Waals surface area (Å²) in [6.45, 7) is 11.9. The van der Waals surface area contributed by atoms with Gasteiger partial charge in [-0.15, -0.1) is 6.58 Å². The van der Waals surface area contributed by atoms with Crippen LogP contribution in [0.1, 0.15) is 49.6 Å². The zero-order valence-corrected chi connectivity index (χ0v) is 16.4. The van der Waals surface area contributed by atoms with Gasteiger partial charge in [0.1, 0.15) is 0 Å². The zero-order valence-electron chi connectivity index (χ0n) is 14.9. The Kier molecular flexibility index (Phi) is 5.67. The topological polar surface area (TPSA) is 40.7 Å². The van der Waals surface area contributed by atoms with Gasteiger partial charge in [-0.05, 0) is 48.9 Å². The highest BCUT2D eigenvalue weighted by Crippen LogP contribution is 2.70. The average molecular weight is 366 g/mol. The van der Waals surface area contributed by atoms with E-state index in [9.17, 15) is 0 Å². The summed E-state index contributed by atoms with van der Waals surface area (Å²) in [5, 5.41) is 4.44. The van der Waals surface area contributed by atoms with Crippen LogP contribution in [0.25, 0.3) is 0 Å². The Balaban J connectivity index is 0.000000647. The summed E-state index contributed by atoms with van der Waals surface area (Å²) in [7, 11) is 1.87. The number of allylic oxidation sites excluding steroid dienone is 1. The van der Waals surface area contributed by atoms with Crippen LogP contribution in [-0.4, -0.2) is 17.0 Å². The van der Waals surface area contributed by atoms with Gasteiger partial charge in [0.2, 0.25) is 0 Å². The summed E-state index contributed by atoms with van der Waals surface area (Å²) in [5.41, 5.74) is 3.59. The van der Waals surface area contributed by atoms with Gasteiger partial charge in [-0.2, -0.15) is 0 Å². The van der Waals surface area contributed by atoms with Gasteiger partial charge in [-0.1, -0.05) is 43.1 Å². The van der Waals surface area contributed by atoms with Gasteiger partial charge >= 0.3 is 0 Å². The van der Waals surface area contributed by atoms with Crippen LogP contribution in [0, 0.1) is 12.3 Å². The molecule has 1 aromatic heterocycles. The van der Waals surface area contributed by atoms with E-state index in [-0.39, 0.29) is 5.41 Å². The number of hydrogen-bond acceptors (Lipinski definition) is 2. The lowest BCUT2D eigenvalue weighted by Gasteiger charge is -2.04. The Labute approximate surface area is 154 Å². The minimum atomic E-state index is 0.152. The highest BCUT2D eigenvalue weighted by atomic mass is 35.5. The molecular formula is C19H25Cl2N3. The van der Waals surface area contributed by atoms with Crippen LogP contribution in [0.5, 0.6) is 0 Å². The van der Waals surface area contributed by atoms with E-state index >= 15 is 0 Å². The maximum atomic E-state index is 6.15. The summed E-state index contributed by atoms with van der Waals surface area (Å²) >= 11 is 12.3. The molecule has 130 valence electrons. The summed E-state index contributed by atoms with van der Waals surface area (Å²) < 4.78 is 0. The molecule has 2 atom stereocenters. The van der Waals surface area contributed by atoms with E-state index in [1.807, 2.05) is 26.1 Å². The zero-order chi connectivity index (χ0) is 18.1. The minimum absolute atomic E-state index is 0.152. The fourth-order valence-corrected chi connectivity index (χ4v) is 3.96. The van der Waals surface area contributed by atoms with Gasteiger partial charge in [0, 0.05) is 28.7 Å². The van der Waals surface area contributed by atoms with Crippen molar-refractivity contribution in [2.24, 2.45) is 5.41 Å². The van der Waals surface area contributed by atoms with E-state index in [0.29, 0.717) is 21.9 Å². The maximum absolute atomic E-state index is 6.15. The van der Waals surface area contributed by atoms with Crippen molar-refractivity contribution in [2.75, 3.05) is 12.4 Å². The first-order valence-corrected chi connectivity index (χ1v) is 8.79. The Bertz CT molecular complexity index is 714. The molecule has 1 heterocycles. The van der Waals surface area contributed by atoms with Crippen LogP contribution in [-0.2, 0) is 0 Å². The number of halogens is 2. The Morgan fingerprint density at radius 2 is 1.75 bits per heavy atom. The first-order chi connectivity index (χ1) is 11.3. The third kappa shape index (κ3) is 3.62. The van der Waals surface area contributed by atoms with E-state index in [1.54, 1.807) is 12.1 Å². The second kappa shape index (κ2) is 7.20. The van der Waals surface area contributed by atoms with Gasteiger partial charge in [0.25, 0.3) is 0 Å². The van der Waals surface area contributed by atoms with Crippen molar-refractivity contribution in [3.63, 3.8) is 0 Å². The van der Waals surface area contributed by atoms with E-state index in [0.717, 1.165) is 17.3 Å². The molecule has 3 rings (SSSR count). The SMILES string of the molecule is C=CC.CNc1nc([C@H]2[C@H](c3cc(Cl)cc(Cl)c3)C2(C)C)c(C)[nH]1. The summed E-state index contributed by atoms with van der Waals surface area (Å²) in [6, 6.07) is 5.80. The number of hydrogen-bond donors (Lipinski definition) is 2.